The van der Waals surface area contributed by atoms with E-state index in [1.165, 1.54) is 6.42 Å². The largest absolute Gasteiger partial charge is 0.497 e. The van der Waals surface area contributed by atoms with Crippen molar-refractivity contribution in [1.29, 1.82) is 0 Å². The summed E-state index contributed by atoms with van der Waals surface area (Å²) in [6.45, 7) is 1.28. The van der Waals surface area contributed by atoms with Gasteiger partial charge in [-0.2, -0.15) is 0 Å². The summed E-state index contributed by atoms with van der Waals surface area (Å²) in [4.78, 5) is 39.2. The van der Waals surface area contributed by atoms with Crippen molar-refractivity contribution in [3.8, 4) is 5.75 Å². The van der Waals surface area contributed by atoms with Crippen molar-refractivity contribution in [2.24, 2.45) is 0 Å². The topological polar surface area (TPSA) is 87.7 Å². The number of thioether (sulfide) groups is 2. The van der Waals surface area contributed by atoms with Crippen LogP contribution in [-0.4, -0.2) is 47.9 Å². The minimum absolute atomic E-state index is 0.354. The van der Waals surface area contributed by atoms with Crippen LogP contribution in [0.15, 0.2) is 48.5 Å². The fourth-order valence-corrected chi connectivity index (χ4v) is 6.62. The van der Waals surface area contributed by atoms with E-state index < -0.39 is 23.4 Å². The third kappa shape index (κ3) is 4.59. The molecule has 168 valence electrons. The summed E-state index contributed by atoms with van der Waals surface area (Å²) in [6, 6.07) is 14.1. The molecule has 1 atom stereocenters. The number of ether oxygens (including phenoxy) is 1. The van der Waals surface area contributed by atoms with Gasteiger partial charge in [0.25, 0.3) is 5.91 Å². The van der Waals surface area contributed by atoms with Crippen molar-refractivity contribution < 1.29 is 19.1 Å². The zero-order chi connectivity index (χ0) is 22.7. The maximum absolute atomic E-state index is 13.1. The lowest BCUT2D eigenvalue weighted by atomic mass is 9.92. The highest BCUT2D eigenvalue weighted by Gasteiger charge is 2.49. The molecule has 2 aliphatic rings. The summed E-state index contributed by atoms with van der Waals surface area (Å²) in [5.74, 6) is 2.03. The highest BCUT2D eigenvalue weighted by atomic mass is 32.2. The molecule has 0 saturated carbocycles. The van der Waals surface area contributed by atoms with Crippen molar-refractivity contribution in [2.75, 3.05) is 30.5 Å². The molecule has 9 heteroatoms. The van der Waals surface area contributed by atoms with Gasteiger partial charge in [-0.25, -0.2) is 4.79 Å². The lowest BCUT2D eigenvalue weighted by molar-refractivity contribution is -0.133. The van der Waals surface area contributed by atoms with Gasteiger partial charge in [0, 0.05) is 5.69 Å². The number of rotatable bonds is 6. The van der Waals surface area contributed by atoms with Gasteiger partial charge in [0.1, 0.15) is 17.8 Å². The second-order valence-corrected chi connectivity index (χ2v) is 10.5. The van der Waals surface area contributed by atoms with E-state index in [4.69, 9.17) is 4.74 Å². The average Bonchev–Trinajstić information content (AvgIpc) is 3.03. The van der Waals surface area contributed by atoms with Crippen molar-refractivity contribution in [1.82, 2.24) is 10.2 Å². The summed E-state index contributed by atoms with van der Waals surface area (Å²) in [5, 5.41) is 5.54. The number of nitrogens with one attached hydrogen (secondary N) is 2. The standard InChI is InChI=1S/C23H25N3O4S2/c1-23(16-7-9-18(30-2)10-8-16)21(28)26(22(29)25-23)14-19(27)24-17-6-3-5-15(13-17)20-31-11-4-12-32-20/h3,5-10,13,20H,4,11-12,14H2,1-2H3,(H,24,27)(H,25,29). The van der Waals surface area contributed by atoms with Crippen LogP contribution in [0.3, 0.4) is 0 Å². The number of hydrogen-bond acceptors (Lipinski definition) is 6. The molecule has 0 radical (unpaired) electrons. The van der Waals surface area contributed by atoms with Crippen LogP contribution >= 0.6 is 23.5 Å². The van der Waals surface area contributed by atoms with E-state index in [2.05, 4.69) is 16.7 Å². The van der Waals surface area contributed by atoms with Gasteiger partial charge in [0.05, 0.1) is 11.7 Å². The quantitative estimate of drug-likeness (QED) is 0.620. The van der Waals surface area contributed by atoms with Crippen LogP contribution in [0.4, 0.5) is 10.5 Å². The molecule has 0 spiro atoms. The van der Waals surface area contributed by atoms with Crippen LogP contribution in [0.2, 0.25) is 0 Å². The van der Waals surface area contributed by atoms with Gasteiger partial charge in [-0.05, 0) is 60.2 Å². The first kappa shape index (κ1) is 22.5. The molecule has 1 unspecified atom stereocenters. The number of benzene rings is 2. The van der Waals surface area contributed by atoms with E-state index in [0.717, 1.165) is 22.0 Å². The highest BCUT2D eigenvalue weighted by molar-refractivity contribution is 8.16. The molecule has 4 rings (SSSR count). The molecule has 7 nitrogen and oxygen atoms in total. The Kier molecular flexibility index (Phi) is 6.66. The van der Waals surface area contributed by atoms with Crippen LogP contribution in [-0.2, 0) is 15.1 Å². The Morgan fingerprint density at radius 1 is 1.19 bits per heavy atom. The fraction of sp³-hybridized carbons (Fsp3) is 0.348. The maximum atomic E-state index is 13.1. The van der Waals surface area contributed by atoms with Crippen LogP contribution in [0.5, 0.6) is 5.75 Å². The van der Waals surface area contributed by atoms with E-state index in [0.29, 0.717) is 21.6 Å². The first-order valence-electron chi connectivity index (χ1n) is 10.3. The molecule has 0 bridgehead atoms. The molecule has 2 aromatic carbocycles. The molecule has 0 aromatic heterocycles. The molecule has 2 saturated heterocycles. The monoisotopic (exact) mass is 471 g/mol. The normalized spacial score (nSPS) is 21.4. The first-order chi connectivity index (χ1) is 15.4. The third-order valence-electron chi connectivity index (χ3n) is 5.51. The first-order valence-corrected chi connectivity index (χ1v) is 12.4. The van der Waals surface area contributed by atoms with E-state index in [9.17, 15) is 14.4 Å². The number of anilines is 1. The molecule has 2 fully saturated rings. The molecule has 0 aliphatic carbocycles. The fourth-order valence-electron chi connectivity index (χ4n) is 3.75. The highest BCUT2D eigenvalue weighted by Crippen LogP contribution is 2.44. The summed E-state index contributed by atoms with van der Waals surface area (Å²) in [7, 11) is 1.56. The molecule has 4 amide bonds. The second kappa shape index (κ2) is 9.46. The minimum atomic E-state index is -1.24. The number of urea groups is 1. The van der Waals surface area contributed by atoms with Gasteiger partial charge in [-0.3, -0.25) is 14.5 Å². The zero-order valence-corrected chi connectivity index (χ0v) is 19.6. The predicted octanol–water partition coefficient (Wildman–Crippen LogP) is 3.97. The predicted molar refractivity (Wildman–Crippen MR) is 128 cm³/mol. The van der Waals surface area contributed by atoms with Crippen molar-refractivity contribution in [3.63, 3.8) is 0 Å². The van der Waals surface area contributed by atoms with Crippen LogP contribution in [0.25, 0.3) is 0 Å². The minimum Gasteiger partial charge on any atom is -0.497 e. The number of carbonyl (C=O) groups is 3. The lowest BCUT2D eigenvalue weighted by Gasteiger charge is -2.22. The molecular weight excluding hydrogens is 446 g/mol. The van der Waals surface area contributed by atoms with Gasteiger partial charge in [0.2, 0.25) is 5.91 Å². The third-order valence-corrected chi connectivity index (χ3v) is 8.53. The van der Waals surface area contributed by atoms with Gasteiger partial charge in [0.15, 0.2) is 0 Å². The molecule has 2 aromatic rings. The molecule has 2 aliphatic heterocycles. The van der Waals surface area contributed by atoms with E-state index in [1.54, 1.807) is 38.3 Å². The van der Waals surface area contributed by atoms with Crippen LogP contribution in [0, 0.1) is 0 Å². The lowest BCUT2D eigenvalue weighted by Crippen LogP contribution is -2.42. The van der Waals surface area contributed by atoms with Crippen molar-refractivity contribution in [2.45, 2.75) is 23.5 Å². The van der Waals surface area contributed by atoms with Crippen molar-refractivity contribution in [3.05, 3.63) is 59.7 Å². The maximum Gasteiger partial charge on any atom is 0.325 e. The molecule has 32 heavy (non-hydrogen) atoms. The number of imide groups is 1. The van der Waals surface area contributed by atoms with E-state index in [-0.39, 0.29) is 6.54 Å². The van der Waals surface area contributed by atoms with E-state index >= 15 is 0 Å². The smallest absolute Gasteiger partial charge is 0.325 e. The summed E-state index contributed by atoms with van der Waals surface area (Å²) in [5.41, 5.74) is 1.19. The summed E-state index contributed by atoms with van der Waals surface area (Å²) < 4.78 is 5.51. The van der Waals surface area contributed by atoms with Gasteiger partial charge in [-0.1, -0.05) is 24.3 Å². The number of amides is 4. The Bertz CT molecular complexity index is 1020. The number of nitrogens with zero attached hydrogens (tertiary/aromatic N) is 1. The zero-order valence-electron chi connectivity index (χ0n) is 17.9. The van der Waals surface area contributed by atoms with Gasteiger partial charge < -0.3 is 15.4 Å². The molecule has 2 N–H and O–H groups in total. The van der Waals surface area contributed by atoms with Gasteiger partial charge in [-0.15, -0.1) is 23.5 Å². The Labute approximate surface area is 195 Å². The van der Waals surface area contributed by atoms with Crippen molar-refractivity contribution >= 4 is 47.1 Å². The number of hydrogen-bond donors (Lipinski definition) is 2. The van der Waals surface area contributed by atoms with Crippen LogP contribution < -0.4 is 15.4 Å². The number of carbonyl (C=O) groups excluding carboxylic acids is 3. The molecular formula is C23H25N3O4S2. The summed E-state index contributed by atoms with van der Waals surface area (Å²) in [6.07, 6.45) is 1.21. The van der Waals surface area contributed by atoms with E-state index in [1.807, 2.05) is 41.7 Å². The Morgan fingerprint density at radius 3 is 2.59 bits per heavy atom. The SMILES string of the molecule is COc1ccc(C2(C)NC(=O)N(CC(=O)Nc3cccc(C4SCCCS4)c3)C2=O)cc1. The van der Waals surface area contributed by atoms with Gasteiger partial charge >= 0.3 is 6.03 Å². The Balaban J connectivity index is 1.43. The summed E-state index contributed by atoms with van der Waals surface area (Å²) >= 11 is 3.81. The average molecular weight is 472 g/mol. The number of methoxy groups -OCH3 is 1. The van der Waals surface area contributed by atoms with Crippen LogP contribution in [0.1, 0.15) is 29.1 Å². The molecule has 2 heterocycles. The second-order valence-electron chi connectivity index (χ2n) is 7.78. The Hall–Kier alpha value is -2.65. The Morgan fingerprint density at radius 2 is 1.91 bits per heavy atom.